The summed E-state index contributed by atoms with van der Waals surface area (Å²) < 4.78 is 10.8. The number of methoxy groups -OCH3 is 1. The summed E-state index contributed by atoms with van der Waals surface area (Å²) in [6.07, 6.45) is 0. The number of hydrogen-bond donors (Lipinski definition) is 1. The maximum absolute atomic E-state index is 5.64. The monoisotopic (exact) mass is 258 g/mol. The molecule has 0 spiro atoms. The van der Waals surface area contributed by atoms with Crippen LogP contribution in [-0.2, 0) is 18.0 Å². The topological polar surface area (TPSA) is 57.4 Å². The summed E-state index contributed by atoms with van der Waals surface area (Å²) in [4.78, 5) is 4.40. The molecule has 0 aliphatic heterocycles. The molecular weight excluding hydrogens is 240 g/mol. The van der Waals surface area contributed by atoms with Crippen molar-refractivity contribution < 1.29 is 9.47 Å². The number of pyridine rings is 1. The average molecular weight is 258 g/mol. The lowest BCUT2D eigenvalue weighted by Crippen LogP contribution is -1.99. The van der Waals surface area contributed by atoms with Crippen LogP contribution in [0.1, 0.15) is 17.0 Å². The van der Waals surface area contributed by atoms with Gasteiger partial charge in [-0.3, -0.25) is 4.98 Å². The van der Waals surface area contributed by atoms with Crippen molar-refractivity contribution in [2.45, 2.75) is 20.1 Å². The Bertz CT molecular complexity index is 538. The molecule has 1 heterocycles. The van der Waals surface area contributed by atoms with E-state index in [2.05, 4.69) is 4.98 Å². The van der Waals surface area contributed by atoms with Crippen LogP contribution in [0.25, 0.3) is 0 Å². The summed E-state index contributed by atoms with van der Waals surface area (Å²) in [6, 6.07) is 11.4. The normalized spacial score (nSPS) is 10.4. The van der Waals surface area contributed by atoms with Crippen LogP contribution in [0.2, 0.25) is 0 Å². The van der Waals surface area contributed by atoms with Gasteiger partial charge in [0.2, 0.25) is 0 Å². The highest BCUT2D eigenvalue weighted by atomic mass is 16.5. The first-order valence-electron chi connectivity index (χ1n) is 6.11. The average Bonchev–Trinajstić information content (AvgIpc) is 2.40. The fraction of sp³-hybridized carbons (Fsp3) is 0.267. The third-order valence-electron chi connectivity index (χ3n) is 2.71. The molecule has 0 bridgehead atoms. The van der Waals surface area contributed by atoms with Gasteiger partial charge in [0.05, 0.1) is 26.0 Å². The molecule has 2 aromatic rings. The largest absolute Gasteiger partial charge is 0.497 e. The van der Waals surface area contributed by atoms with E-state index in [0.29, 0.717) is 13.2 Å². The van der Waals surface area contributed by atoms with Crippen LogP contribution in [0.4, 0.5) is 5.69 Å². The Morgan fingerprint density at radius 2 is 1.84 bits per heavy atom. The standard InChI is InChI=1S/C15H18N2O2/c1-11-7-15(18-2)8-14(17-11)10-19-9-12-3-5-13(16)6-4-12/h3-8H,9-10,16H2,1-2H3. The number of nitrogen functional groups attached to an aromatic ring is 1. The number of nitrogens with zero attached hydrogens (tertiary/aromatic N) is 1. The number of anilines is 1. The summed E-state index contributed by atoms with van der Waals surface area (Å²) >= 11 is 0. The van der Waals surface area contributed by atoms with E-state index in [9.17, 15) is 0 Å². The number of aryl methyl sites for hydroxylation is 1. The van der Waals surface area contributed by atoms with E-state index < -0.39 is 0 Å². The molecule has 19 heavy (non-hydrogen) atoms. The Hall–Kier alpha value is -2.07. The lowest BCUT2D eigenvalue weighted by Gasteiger charge is -2.07. The van der Waals surface area contributed by atoms with Gasteiger partial charge >= 0.3 is 0 Å². The van der Waals surface area contributed by atoms with Crippen molar-refractivity contribution in [1.29, 1.82) is 0 Å². The first-order chi connectivity index (χ1) is 9.17. The van der Waals surface area contributed by atoms with Gasteiger partial charge in [-0.1, -0.05) is 12.1 Å². The third-order valence-corrected chi connectivity index (χ3v) is 2.71. The van der Waals surface area contributed by atoms with Gasteiger partial charge in [0.25, 0.3) is 0 Å². The number of nitrogens with two attached hydrogens (primary N) is 1. The second kappa shape index (κ2) is 6.20. The minimum Gasteiger partial charge on any atom is -0.497 e. The number of hydrogen-bond acceptors (Lipinski definition) is 4. The van der Waals surface area contributed by atoms with Crippen LogP contribution in [-0.4, -0.2) is 12.1 Å². The second-order valence-corrected chi connectivity index (χ2v) is 4.37. The maximum Gasteiger partial charge on any atom is 0.122 e. The number of rotatable bonds is 5. The Morgan fingerprint density at radius 3 is 2.53 bits per heavy atom. The first kappa shape index (κ1) is 13.4. The molecule has 2 N–H and O–H groups in total. The molecule has 2 rings (SSSR count). The minimum atomic E-state index is 0.461. The van der Waals surface area contributed by atoms with E-state index in [0.717, 1.165) is 28.4 Å². The van der Waals surface area contributed by atoms with Gasteiger partial charge in [-0.2, -0.15) is 0 Å². The highest BCUT2D eigenvalue weighted by Crippen LogP contribution is 2.14. The van der Waals surface area contributed by atoms with E-state index in [-0.39, 0.29) is 0 Å². The molecule has 0 atom stereocenters. The second-order valence-electron chi connectivity index (χ2n) is 4.37. The predicted octanol–water partition coefficient (Wildman–Crippen LogP) is 2.70. The van der Waals surface area contributed by atoms with Crippen molar-refractivity contribution in [2.24, 2.45) is 0 Å². The maximum atomic E-state index is 5.64. The Balaban J connectivity index is 1.92. The van der Waals surface area contributed by atoms with Crippen molar-refractivity contribution in [3.8, 4) is 5.75 Å². The SMILES string of the molecule is COc1cc(C)nc(COCc2ccc(N)cc2)c1. The molecule has 0 unspecified atom stereocenters. The molecule has 0 amide bonds. The fourth-order valence-electron chi connectivity index (χ4n) is 1.78. The zero-order chi connectivity index (χ0) is 13.7. The van der Waals surface area contributed by atoms with Gasteiger partial charge in [0, 0.05) is 23.5 Å². The molecule has 0 saturated carbocycles. The van der Waals surface area contributed by atoms with Crippen LogP contribution >= 0.6 is 0 Å². The molecule has 0 aliphatic carbocycles. The van der Waals surface area contributed by atoms with Crippen molar-refractivity contribution in [3.05, 3.63) is 53.3 Å². The van der Waals surface area contributed by atoms with Gasteiger partial charge < -0.3 is 15.2 Å². The summed E-state index contributed by atoms with van der Waals surface area (Å²) in [7, 11) is 1.65. The van der Waals surface area contributed by atoms with Crippen LogP contribution in [0, 0.1) is 6.92 Å². The highest BCUT2D eigenvalue weighted by molar-refractivity contribution is 5.39. The lowest BCUT2D eigenvalue weighted by atomic mass is 10.2. The van der Waals surface area contributed by atoms with Crippen LogP contribution in [0.3, 0.4) is 0 Å². The van der Waals surface area contributed by atoms with E-state index in [1.165, 1.54) is 0 Å². The molecule has 0 radical (unpaired) electrons. The summed E-state index contributed by atoms with van der Waals surface area (Å²) in [5.74, 6) is 0.804. The number of benzene rings is 1. The van der Waals surface area contributed by atoms with Gasteiger partial charge in [0.15, 0.2) is 0 Å². The smallest absolute Gasteiger partial charge is 0.122 e. The van der Waals surface area contributed by atoms with E-state index in [1.807, 2.05) is 43.3 Å². The Kier molecular flexibility index (Phi) is 4.36. The molecule has 1 aromatic heterocycles. The van der Waals surface area contributed by atoms with E-state index in [4.69, 9.17) is 15.2 Å². The predicted molar refractivity (Wildman–Crippen MR) is 74.9 cm³/mol. The molecule has 0 fully saturated rings. The Morgan fingerprint density at radius 1 is 1.11 bits per heavy atom. The highest BCUT2D eigenvalue weighted by Gasteiger charge is 2.01. The number of aromatic nitrogens is 1. The molecule has 100 valence electrons. The fourth-order valence-corrected chi connectivity index (χ4v) is 1.78. The number of ether oxygens (including phenoxy) is 2. The van der Waals surface area contributed by atoms with Gasteiger partial charge in [-0.15, -0.1) is 0 Å². The van der Waals surface area contributed by atoms with E-state index in [1.54, 1.807) is 7.11 Å². The molecule has 0 saturated heterocycles. The van der Waals surface area contributed by atoms with Crippen LogP contribution in [0.15, 0.2) is 36.4 Å². The summed E-state index contributed by atoms with van der Waals surface area (Å²) in [5, 5.41) is 0. The first-order valence-corrected chi connectivity index (χ1v) is 6.11. The lowest BCUT2D eigenvalue weighted by molar-refractivity contribution is 0.104. The molecular formula is C15H18N2O2. The van der Waals surface area contributed by atoms with Gasteiger partial charge in [-0.05, 0) is 24.6 Å². The van der Waals surface area contributed by atoms with E-state index >= 15 is 0 Å². The van der Waals surface area contributed by atoms with Crippen LogP contribution in [0.5, 0.6) is 5.75 Å². The van der Waals surface area contributed by atoms with Crippen molar-refractivity contribution in [3.63, 3.8) is 0 Å². The van der Waals surface area contributed by atoms with Gasteiger partial charge in [-0.25, -0.2) is 0 Å². The molecule has 4 nitrogen and oxygen atoms in total. The minimum absolute atomic E-state index is 0.461. The molecule has 0 aliphatic rings. The zero-order valence-corrected chi connectivity index (χ0v) is 11.2. The summed E-state index contributed by atoms with van der Waals surface area (Å²) in [5.41, 5.74) is 9.27. The van der Waals surface area contributed by atoms with Gasteiger partial charge in [0.1, 0.15) is 5.75 Å². The summed E-state index contributed by atoms with van der Waals surface area (Å²) in [6.45, 7) is 2.94. The van der Waals surface area contributed by atoms with Crippen molar-refractivity contribution in [1.82, 2.24) is 4.98 Å². The molecule has 1 aromatic carbocycles. The zero-order valence-electron chi connectivity index (χ0n) is 11.2. The van der Waals surface area contributed by atoms with Crippen molar-refractivity contribution in [2.75, 3.05) is 12.8 Å². The molecule has 4 heteroatoms. The Labute approximate surface area is 113 Å². The van der Waals surface area contributed by atoms with Crippen LogP contribution < -0.4 is 10.5 Å². The third kappa shape index (κ3) is 3.96. The quantitative estimate of drug-likeness (QED) is 0.838. The van der Waals surface area contributed by atoms with Crippen molar-refractivity contribution >= 4 is 5.69 Å².